The highest BCUT2D eigenvalue weighted by Gasteiger charge is 2.03. The molecule has 0 radical (unpaired) electrons. The Kier molecular flexibility index (Phi) is 5.47. The monoisotopic (exact) mass is 346 g/mol. The average Bonchev–Trinajstić information content (AvgIpc) is 2.53. The number of hydrogen-bond donors (Lipinski definition) is 1. The molecule has 0 aliphatic heterocycles. The second-order valence-electron chi connectivity index (χ2n) is 4.23. The molecule has 5 heteroatoms. The SMILES string of the molecule is COc1ccccc1OCCNc1ccc(C#N)cc1Br. The van der Waals surface area contributed by atoms with Gasteiger partial charge in [-0.2, -0.15) is 5.26 Å². The lowest BCUT2D eigenvalue weighted by molar-refractivity contribution is 0.306. The summed E-state index contributed by atoms with van der Waals surface area (Å²) in [6.45, 7) is 1.15. The average molecular weight is 347 g/mol. The number of nitriles is 1. The lowest BCUT2D eigenvalue weighted by atomic mass is 10.2. The van der Waals surface area contributed by atoms with Crippen LogP contribution in [0.25, 0.3) is 0 Å². The van der Waals surface area contributed by atoms with Gasteiger partial charge in [-0.3, -0.25) is 0 Å². The molecule has 21 heavy (non-hydrogen) atoms. The molecule has 108 valence electrons. The van der Waals surface area contributed by atoms with Crippen molar-refractivity contribution >= 4 is 21.6 Å². The predicted molar refractivity (Wildman–Crippen MR) is 85.8 cm³/mol. The molecule has 0 spiro atoms. The minimum absolute atomic E-state index is 0.507. The largest absolute Gasteiger partial charge is 0.493 e. The van der Waals surface area contributed by atoms with Crippen LogP contribution in [0, 0.1) is 11.3 Å². The molecule has 2 aromatic carbocycles. The third-order valence-corrected chi connectivity index (χ3v) is 3.50. The Morgan fingerprint density at radius 3 is 2.62 bits per heavy atom. The van der Waals surface area contributed by atoms with E-state index in [1.54, 1.807) is 19.2 Å². The molecule has 4 nitrogen and oxygen atoms in total. The lowest BCUT2D eigenvalue weighted by Crippen LogP contribution is -2.12. The Labute approximate surface area is 132 Å². The summed E-state index contributed by atoms with van der Waals surface area (Å²) in [6, 6.07) is 15.1. The van der Waals surface area contributed by atoms with Crippen LogP contribution in [0.2, 0.25) is 0 Å². The lowest BCUT2D eigenvalue weighted by Gasteiger charge is -2.12. The second kappa shape index (κ2) is 7.55. The van der Waals surface area contributed by atoms with Crippen molar-refractivity contribution in [1.29, 1.82) is 5.26 Å². The van der Waals surface area contributed by atoms with Gasteiger partial charge >= 0.3 is 0 Å². The Bertz CT molecular complexity index is 653. The van der Waals surface area contributed by atoms with Gasteiger partial charge in [0.2, 0.25) is 0 Å². The van der Waals surface area contributed by atoms with E-state index in [1.165, 1.54) is 0 Å². The number of hydrogen-bond acceptors (Lipinski definition) is 4. The molecule has 1 N–H and O–H groups in total. The van der Waals surface area contributed by atoms with E-state index in [0.717, 1.165) is 21.7 Å². The van der Waals surface area contributed by atoms with E-state index in [0.29, 0.717) is 18.7 Å². The summed E-state index contributed by atoms with van der Waals surface area (Å²) in [5, 5.41) is 12.1. The summed E-state index contributed by atoms with van der Waals surface area (Å²) >= 11 is 3.43. The molecule has 0 heterocycles. The molecule has 2 aromatic rings. The summed E-state index contributed by atoms with van der Waals surface area (Å²) in [5.74, 6) is 1.44. The van der Waals surface area contributed by atoms with Crippen LogP contribution in [0.15, 0.2) is 46.9 Å². The maximum Gasteiger partial charge on any atom is 0.161 e. The number of halogens is 1. The van der Waals surface area contributed by atoms with Gasteiger partial charge in [0.1, 0.15) is 6.61 Å². The molecule has 0 saturated carbocycles. The van der Waals surface area contributed by atoms with Gasteiger partial charge in [0, 0.05) is 16.7 Å². The number of para-hydroxylation sites is 2. The number of rotatable bonds is 6. The van der Waals surface area contributed by atoms with E-state index in [1.807, 2.05) is 30.3 Å². The number of anilines is 1. The van der Waals surface area contributed by atoms with E-state index in [2.05, 4.69) is 27.3 Å². The number of methoxy groups -OCH3 is 1. The van der Waals surface area contributed by atoms with Gasteiger partial charge in [0.15, 0.2) is 11.5 Å². The Morgan fingerprint density at radius 1 is 1.19 bits per heavy atom. The molecule has 2 rings (SSSR count). The predicted octanol–water partition coefficient (Wildman–Crippen LogP) is 3.82. The molecule has 0 unspecified atom stereocenters. The van der Waals surface area contributed by atoms with Crippen LogP contribution >= 0.6 is 15.9 Å². The van der Waals surface area contributed by atoms with Crippen molar-refractivity contribution in [2.75, 3.05) is 25.6 Å². The minimum atomic E-state index is 0.507. The van der Waals surface area contributed by atoms with Crippen LogP contribution in [0.5, 0.6) is 11.5 Å². The maximum atomic E-state index is 8.82. The van der Waals surface area contributed by atoms with Crippen molar-refractivity contribution in [3.63, 3.8) is 0 Å². The summed E-state index contributed by atoms with van der Waals surface area (Å²) in [4.78, 5) is 0. The van der Waals surface area contributed by atoms with Gasteiger partial charge in [0.05, 0.1) is 18.7 Å². The zero-order valence-corrected chi connectivity index (χ0v) is 13.2. The summed E-state index contributed by atoms with van der Waals surface area (Å²) in [7, 11) is 1.62. The molecule has 0 atom stereocenters. The third-order valence-electron chi connectivity index (χ3n) is 2.84. The zero-order valence-electron chi connectivity index (χ0n) is 11.6. The van der Waals surface area contributed by atoms with Crippen LogP contribution in [0.3, 0.4) is 0 Å². The number of ether oxygens (including phenoxy) is 2. The van der Waals surface area contributed by atoms with Crippen LogP contribution < -0.4 is 14.8 Å². The molecule has 0 amide bonds. The van der Waals surface area contributed by atoms with Crippen LogP contribution in [-0.4, -0.2) is 20.3 Å². The molecule has 0 aliphatic carbocycles. The summed E-state index contributed by atoms with van der Waals surface area (Å²) < 4.78 is 11.8. The highest BCUT2D eigenvalue weighted by atomic mass is 79.9. The maximum absolute atomic E-state index is 8.82. The van der Waals surface area contributed by atoms with E-state index < -0.39 is 0 Å². The first-order chi connectivity index (χ1) is 10.2. The van der Waals surface area contributed by atoms with Crippen LogP contribution in [0.4, 0.5) is 5.69 Å². The first kappa shape index (κ1) is 15.2. The number of nitrogens with one attached hydrogen (secondary N) is 1. The minimum Gasteiger partial charge on any atom is -0.493 e. The smallest absolute Gasteiger partial charge is 0.161 e. The first-order valence-electron chi connectivity index (χ1n) is 6.44. The normalized spacial score (nSPS) is 9.76. The Balaban J connectivity index is 1.86. The van der Waals surface area contributed by atoms with Gasteiger partial charge in [-0.1, -0.05) is 12.1 Å². The summed E-state index contributed by atoms with van der Waals surface area (Å²) in [6.07, 6.45) is 0. The molecular formula is C16H15BrN2O2. The molecule has 0 aliphatic rings. The van der Waals surface area contributed by atoms with E-state index in [-0.39, 0.29) is 0 Å². The third kappa shape index (κ3) is 4.14. The Hall–Kier alpha value is -2.19. The fraction of sp³-hybridized carbons (Fsp3) is 0.188. The quantitative estimate of drug-likeness (QED) is 0.807. The zero-order chi connectivity index (χ0) is 15.1. The van der Waals surface area contributed by atoms with Gasteiger partial charge < -0.3 is 14.8 Å². The van der Waals surface area contributed by atoms with Gasteiger partial charge in [-0.05, 0) is 46.3 Å². The van der Waals surface area contributed by atoms with E-state index in [4.69, 9.17) is 14.7 Å². The number of nitrogens with zero attached hydrogens (tertiary/aromatic N) is 1. The van der Waals surface area contributed by atoms with Crippen LogP contribution in [0.1, 0.15) is 5.56 Å². The first-order valence-corrected chi connectivity index (χ1v) is 7.23. The highest BCUT2D eigenvalue weighted by molar-refractivity contribution is 9.10. The van der Waals surface area contributed by atoms with Gasteiger partial charge in [0.25, 0.3) is 0 Å². The summed E-state index contributed by atoms with van der Waals surface area (Å²) in [5.41, 5.74) is 1.55. The molecule has 0 bridgehead atoms. The van der Waals surface area contributed by atoms with Crippen molar-refractivity contribution in [3.8, 4) is 17.6 Å². The van der Waals surface area contributed by atoms with Crippen molar-refractivity contribution < 1.29 is 9.47 Å². The van der Waals surface area contributed by atoms with Gasteiger partial charge in [-0.25, -0.2) is 0 Å². The Morgan fingerprint density at radius 2 is 1.95 bits per heavy atom. The molecule has 0 fully saturated rings. The number of benzene rings is 2. The van der Waals surface area contributed by atoms with Gasteiger partial charge in [-0.15, -0.1) is 0 Å². The highest BCUT2D eigenvalue weighted by Crippen LogP contribution is 2.26. The van der Waals surface area contributed by atoms with E-state index >= 15 is 0 Å². The van der Waals surface area contributed by atoms with Crippen LogP contribution in [-0.2, 0) is 0 Å². The second-order valence-corrected chi connectivity index (χ2v) is 5.09. The van der Waals surface area contributed by atoms with Crippen molar-refractivity contribution in [1.82, 2.24) is 0 Å². The fourth-order valence-electron chi connectivity index (χ4n) is 1.81. The fourth-order valence-corrected chi connectivity index (χ4v) is 2.33. The molecular weight excluding hydrogens is 332 g/mol. The van der Waals surface area contributed by atoms with Crippen molar-refractivity contribution in [2.45, 2.75) is 0 Å². The van der Waals surface area contributed by atoms with E-state index in [9.17, 15) is 0 Å². The molecule has 0 saturated heterocycles. The topological polar surface area (TPSA) is 54.3 Å². The van der Waals surface area contributed by atoms with Crippen molar-refractivity contribution in [2.24, 2.45) is 0 Å². The standard InChI is InChI=1S/C16H15BrN2O2/c1-20-15-4-2-3-5-16(15)21-9-8-19-14-7-6-12(11-18)10-13(14)17/h2-7,10,19H,8-9H2,1H3. The molecule has 0 aromatic heterocycles. The van der Waals surface area contributed by atoms with Crippen molar-refractivity contribution in [3.05, 3.63) is 52.5 Å².